The van der Waals surface area contributed by atoms with E-state index in [0.717, 1.165) is 16.1 Å². The summed E-state index contributed by atoms with van der Waals surface area (Å²) in [5.74, 6) is -11.0. The van der Waals surface area contributed by atoms with Gasteiger partial charge in [0.15, 0.2) is 0 Å². The number of nitrogens with zero attached hydrogens (tertiary/aromatic N) is 9. The molecule has 0 aromatic carbocycles. The number of amides is 11. The van der Waals surface area contributed by atoms with Crippen LogP contribution in [0.4, 0.5) is 0 Å². The highest BCUT2D eigenvalue weighted by molar-refractivity contribution is 7.88. The minimum Gasteiger partial charge on any atom is -0.390 e. The number of aliphatic hydroxyl groups excluding tert-OH is 1. The molecule has 2 unspecified atom stereocenters. The Bertz CT molecular complexity index is 2790. The van der Waals surface area contributed by atoms with Gasteiger partial charge in [0.1, 0.15) is 66.5 Å². The molecule has 5 N–H and O–H groups in total. The molecular formula is C67H121N13O14S. The van der Waals surface area contributed by atoms with Gasteiger partial charge in [-0.3, -0.25) is 52.7 Å². The van der Waals surface area contributed by atoms with E-state index in [2.05, 4.69) is 21.3 Å². The predicted molar refractivity (Wildman–Crippen MR) is 366 cm³/mol. The molecule has 2 aliphatic rings. The number of hydrogen-bond acceptors (Lipinski definition) is 15. The van der Waals surface area contributed by atoms with Crippen LogP contribution in [0.2, 0.25) is 0 Å². The largest absolute Gasteiger partial charge is 0.390 e. The Kier molecular flexibility index (Phi) is 33.5. The molecule has 27 nitrogen and oxygen atoms in total. The molecule has 0 spiro atoms. The third kappa shape index (κ3) is 22.9. The fourth-order valence-corrected chi connectivity index (χ4v) is 13.4. The van der Waals surface area contributed by atoms with Crippen molar-refractivity contribution in [3.63, 3.8) is 0 Å². The molecule has 0 saturated carbocycles. The van der Waals surface area contributed by atoms with E-state index in [-0.39, 0.29) is 69.5 Å². The highest BCUT2D eigenvalue weighted by Crippen LogP contribution is 2.26. The minimum absolute atomic E-state index is 0.0297. The average Bonchev–Trinajstić information content (AvgIpc) is 0.815. The number of likely N-dealkylation sites (N-methyl/N-ethyl adjacent to an activating group) is 7. The molecule has 14 atom stereocenters. The van der Waals surface area contributed by atoms with Gasteiger partial charge in [0.2, 0.25) is 75.0 Å². The van der Waals surface area contributed by atoms with E-state index in [1.807, 2.05) is 46.4 Å². The van der Waals surface area contributed by atoms with Gasteiger partial charge in [-0.15, -0.1) is 0 Å². The van der Waals surface area contributed by atoms with Gasteiger partial charge >= 0.3 is 0 Å². The van der Waals surface area contributed by atoms with Gasteiger partial charge in [0.05, 0.1) is 12.4 Å². The van der Waals surface area contributed by atoms with Crippen molar-refractivity contribution in [3.05, 3.63) is 12.2 Å². The molecular weight excluding hydrogens is 1240 g/mol. The van der Waals surface area contributed by atoms with Crippen LogP contribution in [0, 0.1) is 41.4 Å². The molecule has 0 aromatic heterocycles. The summed E-state index contributed by atoms with van der Waals surface area (Å²) in [4.78, 5) is 174. The average molecular weight is 1360 g/mol. The van der Waals surface area contributed by atoms with Gasteiger partial charge in [-0.25, -0.2) is 8.42 Å². The Morgan fingerprint density at radius 2 is 0.926 bits per heavy atom. The highest BCUT2D eigenvalue weighted by Gasteiger charge is 2.47. The fourth-order valence-electron chi connectivity index (χ4n) is 12.6. The molecule has 0 bridgehead atoms. The molecule has 0 aliphatic carbocycles. The third-order valence-electron chi connectivity index (χ3n) is 18.7. The zero-order chi connectivity index (χ0) is 73.3. The smallest absolute Gasteiger partial charge is 0.246 e. The van der Waals surface area contributed by atoms with Gasteiger partial charge in [0.25, 0.3) is 0 Å². The van der Waals surface area contributed by atoms with Crippen LogP contribution >= 0.6 is 0 Å². The molecule has 0 radical (unpaired) electrons. The third-order valence-corrected chi connectivity index (χ3v) is 20.0. The van der Waals surface area contributed by atoms with Crippen LogP contribution in [0.25, 0.3) is 0 Å². The molecule has 0 aromatic rings. The van der Waals surface area contributed by atoms with Crippen LogP contribution in [0.5, 0.6) is 0 Å². The SMILES string of the molecule is C/C=C/C[C@@H](C)[C@@H](O)[C@H]1C(=O)N[C@@H](CC)C(=O)N(C)[C@H](C)C(=O)N(C)[C@@H]([C@@H](C)CN2CCN(S(C)(=O)=O)CC2)C(=O)NC(C(C)C)C(=O)N(C)[C@@H](CC(C)C)C(=O)N[C@@H](C)C(=O)N[C@H](C)C(=O)N(C)[C@@H](CC(C)C)C(=O)N(C)[C@@H](CC(C)C)C(=O)N(C)C(C(C)C)C(=O)N1C. The van der Waals surface area contributed by atoms with Crippen molar-refractivity contribution < 1.29 is 66.3 Å². The standard InChI is InChI=1S/C67H121N13O14S/c1-26-28-29-43(13)56(81)55-60(85)70-48(27-2)63(88)72(18)47(17)62(87)77(23)54(44(14)37-79-30-32-80(33-31-79)95(25,93)94)59(84)71-52(41(9)10)66(91)73(19)49(34-38(3)4)58(83)68-45(15)57(82)69-46(16)61(86)74(20)50(35-39(5)6)64(89)75(21)51(36-40(7)8)65(90)76(22)53(42(11)12)67(92)78(55)24/h26,28,38-56,81H,27,29-37H2,1-25H3,(H,68,83)(H,69,82)(H,70,85)(H,71,84)/b28-26+/t43-,44+,45+,46-,47-,48+,49+,50+,51+,52?,53?,54+,55+,56-/m1/s1. The number of allylic oxidation sites excluding steroid dienone is 2. The van der Waals surface area contributed by atoms with E-state index < -0.39 is 171 Å². The number of piperazine rings is 1. The van der Waals surface area contributed by atoms with E-state index in [1.54, 1.807) is 67.5 Å². The van der Waals surface area contributed by atoms with Gasteiger partial charge in [0, 0.05) is 82.1 Å². The summed E-state index contributed by atoms with van der Waals surface area (Å²) in [5, 5.41) is 23.3. The van der Waals surface area contributed by atoms with Crippen LogP contribution in [0.1, 0.15) is 150 Å². The van der Waals surface area contributed by atoms with Gasteiger partial charge in [-0.1, -0.05) is 102 Å². The van der Waals surface area contributed by atoms with Crippen molar-refractivity contribution in [1.82, 2.24) is 64.8 Å². The Hall–Kier alpha value is -6.26. The van der Waals surface area contributed by atoms with Gasteiger partial charge in [-0.2, -0.15) is 4.31 Å². The molecule has 28 heteroatoms. The van der Waals surface area contributed by atoms with E-state index >= 15 is 28.8 Å². The van der Waals surface area contributed by atoms with E-state index in [0.29, 0.717) is 13.1 Å². The maximum atomic E-state index is 15.3. The van der Waals surface area contributed by atoms with Crippen LogP contribution in [-0.4, -0.2) is 283 Å². The molecule has 95 heavy (non-hydrogen) atoms. The second kappa shape index (κ2) is 37.5. The lowest BCUT2D eigenvalue weighted by atomic mass is 9.91. The number of sulfonamides is 1. The zero-order valence-electron chi connectivity index (χ0n) is 61.9. The molecule has 544 valence electrons. The van der Waals surface area contributed by atoms with Crippen molar-refractivity contribution in [2.24, 2.45) is 41.4 Å². The van der Waals surface area contributed by atoms with Crippen molar-refractivity contribution >= 4 is 75.0 Å². The lowest BCUT2D eigenvalue weighted by Gasteiger charge is -2.41. The van der Waals surface area contributed by atoms with E-state index in [1.165, 1.54) is 98.9 Å². The Morgan fingerprint density at radius 3 is 1.39 bits per heavy atom. The molecule has 2 heterocycles. The normalized spacial score (nSPS) is 28.0. The van der Waals surface area contributed by atoms with Crippen LogP contribution in [0.15, 0.2) is 12.2 Å². The number of rotatable bonds is 17. The molecule has 2 rings (SSSR count). The zero-order valence-corrected chi connectivity index (χ0v) is 62.7. The summed E-state index contributed by atoms with van der Waals surface area (Å²) in [6.45, 7) is 30.3. The number of nitrogens with one attached hydrogen (secondary N) is 4. The lowest BCUT2D eigenvalue weighted by Crippen LogP contribution is -2.64. The predicted octanol–water partition coefficient (Wildman–Crippen LogP) is 1.82. The first-order chi connectivity index (χ1) is 43.8. The molecule has 2 fully saturated rings. The minimum atomic E-state index is -3.50. The number of carbonyl (C=O) groups excluding carboxylic acids is 11. The number of carbonyl (C=O) groups is 11. The first kappa shape index (κ1) is 84.8. The molecule has 11 amide bonds. The van der Waals surface area contributed by atoms with E-state index in [9.17, 15) is 37.5 Å². The quantitative estimate of drug-likeness (QED) is 0.130. The highest BCUT2D eigenvalue weighted by atomic mass is 32.2. The molecule has 2 aliphatic heterocycles. The second-order valence-corrected chi connectivity index (χ2v) is 30.7. The summed E-state index contributed by atoms with van der Waals surface area (Å²) >= 11 is 0. The Labute approximate surface area is 567 Å². The van der Waals surface area contributed by atoms with Crippen LogP contribution < -0.4 is 21.3 Å². The van der Waals surface area contributed by atoms with Crippen molar-refractivity contribution in [1.29, 1.82) is 0 Å². The summed E-state index contributed by atoms with van der Waals surface area (Å²) < 4.78 is 26.3. The maximum absolute atomic E-state index is 15.3. The van der Waals surface area contributed by atoms with Gasteiger partial charge in [-0.05, 0) is 101 Å². The molecule has 2 saturated heterocycles. The van der Waals surface area contributed by atoms with Gasteiger partial charge < -0.3 is 65.6 Å². The summed E-state index contributed by atoms with van der Waals surface area (Å²) in [6.07, 6.45) is 3.78. The van der Waals surface area contributed by atoms with Crippen LogP contribution in [-0.2, 0) is 62.8 Å². The monoisotopic (exact) mass is 1360 g/mol. The van der Waals surface area contributed by atoms with Crippen LogP contribution in [0.3, 0.4) is 0 Å². The summed E-state index contributed by atoms with van der Waals surface area (Å²) in [6, 6.07) is -14.3. The summed E-state index contributed by atoms with van der Waals surface area (Å²) in [7, 11) is 6.32. The second-order valence-electron chi connectivity index (χ2n) is 28.7. The lowest BCUT2D eigenvalue weighted by molar-refractivity contribution is -0.157. The maximum Gasteiger partial charge on any atom is 0.246 e. The number of aliphatic hydroxyl groups is 1. The van der Waals surface area contributed by atoms with E-state index in [4.69, 9.17) is 0 Å². The fraction of sp³-hybridized carbons (Fsp3) is 0.806. The summed E-state index contributed by atoms with van der Waals surface area (Å²) in [5.41, 5.74) is 0. The first-order valence-electron chi connectivity index (χ1n) is 33.9. The topological polar surface area (TPSA) is 319 Å². The Balaban J connectivity index is 3.06. The van der Waals surface area contributed by atoms with Crippen molar-refractivity contribution in [2.45, 2.75) is 222 Å². The van der Waals surface area contributed by atoms with Crippen molar-refractivity contribution in [2.75, 3.05) is 88.3 Å². The van der Waals surface area contributed by atoms with Crippen molar-refractivity contribution in [3.8, 4) is 0 Å². The first-order valence-corrected chi connectivity index (χ1v) is 35.7. The Morgan fingerprint density at radius 1 is 0.484 bits per heavy atom. The number of hydrogen-bond donors (Lipinski definition) is 5.